The van der Waals surface area contributed by atoms with Crippen LogP contribution < -0.4 is 14.8 Å². The number of carbonyl (C=O) groups excluding carboxylic acids is 1. The number of amides is 1. The van der Waals surface area contributed by atoms with Crippen molar-refractivity contribution in [3.05, 3.63) is 102 Å². The van der Waals surface area contributed by atoms with Crippen LogP contribution in [0.3, 0.4) is 0 Å². The van der Waals surface area contributed by atoms with Crippen LogP contribution in [0.2, 0.25) is 0 Å². The molecule has 5 heteroatoms. The summed E-state index contributed by atoms with van der Waals surface area (Å²) >= 11 is 0. The summed E-state index contributed by atoms with van der Waals surface area (Å²) in [5.41, 5.74) is 2.32. The van der Waals surface area contributed by atoms with Gasteiger partial charge in [-0.3, -0.25) is 4.79 Å². The van der Waals surface area contributed by atoms with Crippen molar-refractivity contribution in [3.63, 3.8) is 0 Å². The van der Waals surface area contributed by atoms with E-state index in [0.717, 1.165) is 21.9 Å². The molecule has 1 amide bonds. The van der Waals surface area contributed by atoms with Gasteiger partial charge in [-0.15, -0.1) is 0 Å². The molecular formula is C27H25NO4. The average molecular weight is 428 g/mol. The van der Waals surface area contributed by atoms with Crippen molar-refractivity contribution in [2.45, 2.75) is 12.5 Å². The third-order valence-corrected chi connectivity index (χ3v) is 5.49. The van der Waals surface area contributed by atoms with Gasteiger partial charge in [0.05, 0.1) is 26.7 Å². The van der Waals surface area contributed by atoms with Gasteiger partial charge >= 0.3 is 0 Å². The molecule has 4 rings (SSSR count). The van der Waals surface area contributed by atoms with Gasteiger partial charge in [-0.05, 0) is 40.1 Å². The second-order valence-electron chi connectivity index (χ2n) is 7.50. The van der Waals surface area contributed by atoms with E-state index in [-0.39, 0.29) is 18.1 Å². The van der Waals surface area contributed by atoms with E-state index in [4.69, 9.17) is 9.47 Å². The topological polar surface area (TPSA) is 67.8 Å². The fraction of sp³-hybridized carbons (Fsp3) is 0.148. The molecule has 32 heavy (non-hydrogen) atoms. The Hall–Kier alpha value is -3.99. The van der Waals surface area contributed by atoms with E-state index in [0.29, 0.717) is 17.1 Å². The molecule has 0 aromatic heterocycles. The Balaban J connectivity index is 1.81. The number of phenols is 1. The Bertz CT molecular complexity index is 1240. The zero-order valence-electron chi connectivity index (χ0n) is 18.0. The number of aromatic hydroxyl groups is 1. The van der Waals surface area contributed by atoms with Gasteiger partial charge in [0.25, 0.3) is 0 Å². The molecule has 5 nitrogen and oxygen atoms in total. The van der Waals surface area contributed by atoms with Gasteiger partial charge in [0.15, 0.2) is 11.5 Å². The second kappa shape index (κ2) is 9.43. The number of nitrogens with one attached hydrogen (secondary N) is 1. The van der Waals surface area contributed by atoms with Crippen molar-refractivity contribution < 1.29 is 19.4 Å². The summed E-state index contributed by atoms with van der Waals surface area (Å²) in [7, 11) is 3.15. The van der Waals surface area contributed by atoms with Crippen LogP contribution in [0.5, 0.6) is 17.2 Å². The first-order valence-electron chi connectivity index (χ1n) is 10.4. The van der Waals surface area contributed by atoms with E-state index in [1.807, 2.05) is 72.8 Å². The van der Waals surface area contributed by atoms with Crippen LogP contribution in [-0.4, -0.2) is 25.2 Å². The molecule has 0 fully saturated rings. The van der Waals surface area contributed by atoms with Crippen LogP contribution in [0.15, 0.2) is 84.9 Å². The number of phenolic OH excluding ortho intramolecular Hbond substituents is 1. The van der Waals surface area contributed by atoms with E-state index >= 15 is 0 Å². The van der Waals surface area contributed by atoms with Crippen molar-refractivity contribution in [1.82, 2.24) is 5.32 Å². The monoisotopic (exact) mass is 427 g/mol. The number of ether oxygens (including phenoxy) is 2. The Morgan fingerprint density at radius 2 is 1.59 bits per heavy atom. The van der Waals surface area contributed by atoms with Crippen molar-refractivity contribution >= 4 is 16.7 Å². The van der Waals surface area contributed by atoms with Gasteiger partial charge in [-0.25, -0.2) is 0 Å². The van der Waals surface area contributed by atoms with E-state index < -0.39 is 6.04 Å². The number of fused-ring (bicyclic) bond motifs is 1. The Morgan fingerprint density at radius 1 is 0.875 bits per heavy atom. The SMILES string of the molecule is COc1ccc([C@H](NC(=O)Cc2ccccc2)c2c(O)ccc3ccccc23)cc1OC. The van der Waals surface area contributed by atoms with Gasteiger partial charge in [0.1, 0.15) is 5.75 Å². The van der Waals surface area contributed by atoms with Crippen molar-refractivity contribution in [2.75, 3.05) is 14.2 Å². The maximum atomic E-state index is 13.0. The Labute approximate surface area is 187 Å². The molecule has 0 unspecified atom stereocenters. The van der Waals surface area contributed by atoms with Crippen LogP contribution in [-0.2, 0) is 11.2 Å². The number of hydrogen-bond acceptors (Lipinski definition) is 4. The maximum absolute atomic E-state index is 13.0. The van der Waals surface area contributed by atoms with E-state index in [1.165, 1.54) is 0 Å². The summed E-state index contributed by atoms with van der Waals surface area (Å²) in [6.07, 6.45) is 0.232. The predicted octanol–water partition coefficient (Wildman–Crippen LogP) is 5.01. The molecular weight excluding hydrogens is 402 g/mol. The fourth-order valence-electron chi connectivity index (χ4n) is 3.94. The lowest BCUT2D eigenvalue weighted by Crippen LogP contribution is -2.30. The van der Waals surface area contributed by atoms with Gasteiger partial charge < -0.3 is 19.9 Å². The lowest BCUT2D eigenvalue weighted by molar-refractivity contribution is -0.120. The molecule has 2 N–H and O–H groups in total. The van der Waals surface area contributed by atoms with Crippen LogP contribution >= 0.6 is 0 Å². The van der Waals surface area contributed by atoms with Crippen LogP contribution in [0.4, 0.5) is 0 Å². The molecule has 0 bridgehead atoms. The van der Waals surface area contributed by atoms with E-state index in [1.54, 1.807) is 26.4 Å². The minimum absolute atomic E-state index is 0.114. The second-order valence-corrected chi connectivity index (χ2v) is 7.50. The van der Waals surface area contributed by atoms with Crippen LogP contribution in [0, 0.1) is 0 Å². The molecule has 0 aliphatic carbocycles. The zero-order valence-corrected chi connectivity index (χ0v) is 18.0. The summed E-state index contributed by atoms with van der Waals surface area (Å²) < 4.78 is 10.9. The highest BCUT2D eigenvalue weighted by atomic mass is 16.5. The van der Waals surface area contributed by atoms with Gasteiger partial charge in [0, 0.05) is 5.56 Å². The first-order valence-corrected chi connectivity index (χ1v) is 10.4. The first-order chi connectivity index (χ1) is 15.6. The van der Waals surface area contributed by atoms with Crippen molar-refractivity contribution in [3.8, 4) is 17.2 Å². The third-order valence-electron chi connectivity index (χ3n) is 5.49. The zero-order chi connectivity index (χ0) is 22.5. The minimum Gasteiger partial charge on any atom is -0.508 e. The molecule has 0 aliphatic rings. The summed E-state index contributed by atoms with van der Waals surface area (Å²) in [5.74, 6) is 1.10. The van der Waals surface area contributed by atoms with E-state index in [9.17, 15) is 9.90 Å². The largest absolute Gasteiger partial charge is 0.508 e. The number of benzene rings is 4. The fourth-order valence-corrected chi connectivity index (χ4v) is 3.94. The normalized spacial score (nSPS) is 11.7. The third kappa shape index (κ3) is 4.37. The lowest BCUT2D eigenvalue weighted by Gasteiger charge is -2.23. The summed E-state index contributed by atoms with van der Waals surface area (Å²) in [5, 5.41) is 15.8. The molecule has 4 aromatic rings. The first kappa shape index (κ1) is 21.2. The Kier molecular flexibility index (Phi) is 6.26. The highest BCUT2D eigenvalue weighted by Crippen LogP contribution is 2.38. The molecule has 0 saturated heterocycles. The molecule has 0 spiro atoms. The summed E-state index contributed by atoms with van der Waals surface area (Å²) in [4.78, 5) is 13.0. The molecule has 0 saturated carbocycles. The number of carbonyl (C=O) groups is 1. The minimum atomic E-state index is -0.586. The molecule has 0 aliphatic heterocycles. The highest BCUT2D eigenvalue weighted by Gasteiger charge is 2.24. The number of hydrogen-bond donors (Lipinski definition) is 2. The molecule has 0 heterocycles. The number of methoxy groups -OCH3 is 2. The van der Waals surface area contributed by atoms with Gasteiger partial charge in [0.2, 0.25) is 5.91 Å². The summed E-state index contributed by atoms with van der Waals surface area (Å²) in [6, 6.07) is 25.8. The van der Waals surface area contributed by atoms with Crippen molar-refractivity contribution in [2.24, 2.45) is 0 Å². The maximum Gasteiger partial charge on any atom is 0.225 e. The lowest BCUT2D eigenvalue weighted by atomic mass is 9.92. The molecule has 4 aromatic carbocycles. The van der Waals surface area contributed by atoms with Crippen LogP contribution in [0.1, 0.15) is 22.7 Å². The molecule has 0 radical (unpaired) electrons. The van der Waals surface area contributed by atoms with Gasteiger partial charge in [-0.1, -0.05) is 66.7 Å². The van der Waals surface area contributed by atoms with Crippen LogP contribution in [0.25, 0.3) is 10.8 Å². The smallest absolute Gasteiger partial charge is 0.225 e. The summed E-state index contributed by atoms with van der Waals surface area (Å²) in [6.45, 7) is 0. The quantitative estimate of drug-likeness (QED) is 0.435. The molecule has 162 valence electrons. The molecule has 1 atom stereocenters. The number of rotatable bonds is 7. The average Bonchev–Trinajstić information content (AvgIpc) is 2.83. The van der Waals surface area contributed by atoms with Gasteiger partial charge in [-0.2, -0.15) is 0 Å². The Morgan fingerprint density at radius 3 is 2.34 bits per heavy atom. The standard InChI is InChI=1S/C27H25NO4/c1-31-23-15-13-20(17-24(23)32-2)27(28-25(30)16-18-8-4-3-5-9-18)26-21-11-7-6-10-19(21)12-14-22(26)29/h3-15,17,27,29H,16H2,1-2H3,(H,28,30)/t27-/m0/s1. The highest BCUT2D eigenvalue weighted by molar-refractivity contribution is 5.90. The van der Waals surface area contributed by atoms with E-state index in [2.05, 4.69) is 5.32 Å². The predicted molar refractivity (Wildman–Crippen MR) is 125 cm³/mol. The van der Waals surface area contributed by atoms with Crippen molar-refractivity contribution in [1.29, 1.82) is 0 Å².